The number of hydrogen-bond acceptors (Lipinski definition) is 6. The normalized spacial score (nSPS) is 11.5. The van der Waals surface area contributed by atoms with Crippen molar-refractivity contribution in [1.29, 1.82) is 0 Å². The van der Waals surface area contributed by atoms with E-state index in [1.165, 1.54) is 0 Å². The molecule has 120 valence electrons. The molecule has 0 atom stereocenters. The molecular weight excluding hydrogens is 268 g/mol. The largest absolute Gasteiger partial charge is 0.389 e. The van der Waals surface area contributed by atoms with Crippen molar-refractivity contribution in [3.8, 4) is 0 Å². The van der Waals surface area contributed by atoms with Gasteiger partial charge in [-0.3, -0.25) is 0 Å². The summed E-state index contributed by atoms with van der Waals surface area (Å²) >= 11 is 0. The monoisotopic (exact) mass is 296 g/mol. The van der Waals surface area contributed by atoms with Crippen LogP contribution in [0.5, 0.6) is 0 Å². The Hall–Kier alpha value is -1.40. The fourth-order valence-electron chi connectivity index (χ4n) is 2.00. The molecule has 1 rings (SSSR count). The first-order valence-electron chi connectivity index (χ1n) is 7.47. The molecule has 1 aromatic heterocycles. The van der Waals surface area contributed by atoms with E-state index in [0.29, 0.717) is 19.0 Å². The Balaban J connectivity index is 3.03. The molecular formula is C15H28N4O2. The van der Waals surface area contributed by atoms with Crippen LogP contribution in [0.3, 0.4) is 0 Å². The second-order valence-corrected chi connectivity index (χ2v) is 5.71. The first kappa shape index (κ1) is 17.7. The van der Waals surface area contributed by atoms with Gasteiger partial charge in [0, 0.05) is 32.8 Å². The molecule has 0 spiro atoms. The van der Waals surface area contributed by atoms with Gasteiger partial charge in [-0.1, -0.05) is 6.92 Å². The molecule has 0 saturated heterocycles. The zero-order valence-electron chi connectivity index (χ0n) is 13.8. The number of ether oxygens (including phenoxy) is 1. The van der Waals surface area contributed by atoms with Crippen LogP contribution in [-0.2, 0) is 11.3 Å². The van der Waals surface area contributed by atoms with E-state index in [0.717, 1.165) is 31.1 Å². The minimum absolute atomic E-state index is 0.370. The minimum Gasteiger partial charge on any atom is -0.389 e. The van der Waals surface area contributed by atoms with Gasteiger partial charge in [0.15, 0.2) is 5.82 Å². The van der Waals surface area contributed by atoms with E-state index >= 15 is 0 Å². The van der Waals surface area contributed by atoms with E-state index in [1.54, 1.807) is 21.0 Å². The molecule has 2 N–H and O–H groups in total. The summed E-state index contributed by atoms with van der Waals surface area (Å²) in [5.74, 6) is 2.24. The molecule has 21 heavy (non-hydrogen) atoms. The lowest BCUT2D eigenvalue weighted by atomic mass is 10.1. The Bertz CT molecular complexity index is 432. The van der Waals surface area contributed by atoms with Gasteiger partial charge in [0.25, 0.3) is 0 Å². The van der Waals surface area contributed by atoms with Crippen LogP contribution < -0.4 is 10.2 Å². The number of nitrogens with zero attached hydrogens (tertiary/aromatic N) is 3. The van der Waals surface area contributed by atoms with Crippen molar-refractivity contribution in [2.24, 2.45) is 0 Å². The molecule has 0 aliphatic rings. The Kier molecular flexibility index (Phi) is 6.84. The molecule has 6 nitrogen and oxygen atoms in total. The summed E-state index contributed by atoms with van der Waals surface area (Å²) in [7, 11) is 1.63. The summed E-state index contributed by atoms with van der Waals surface area (Å²) in [5.41, 5.74) is -0.778. The number of likely N-dealkylation sites (N-methyl/N-ethyl adjacent to an activating group) is 1. The molecule has 0 amide bonds. The maximum atomic E-state index is 10.0. The maximum Gasteiger partial charge on any atom is 0.158 e. The molecule has 0 radical (unpaired) electrons. The highest BCUT2D eigenvalue weighted by molar-refractivity contribution is 5.49. The lowest BCUT2D eigenvalue weighted by molar-refractivity contribution is 0.0873. The highest BCUT2D eigenvalue weighted by atomic mass is 16.5. The first-order chi connectivity index (χ1) is 9.89. The molecule has 0 bridgehead atoms. The van der Waals surface area contributed by atoms with Crippen molar-refractivity contribution in [3.05, 3.63) is 11.9 Å². The number of methoxy groups -OCH3 is 1. The van der Waals surface area contributed by atoms with Gasteiger partial charge in [0.2, 0.25) is 0 Å². The molecule has 0 aliphatic heterocycles. The molecule has 1 aromatic rings. The Morgan fingerprint density at radius 2 is 2.05 bits per heavy atom. The molecule has 1 heterocycles. The average molecular weight is 296 g/mol. The summed E-state index contributed by atoms with van der Waals surface area (Å²) in [5, 5.41) is 13.3. The van der Waals surface area contributed by atoms with Crippen LogP contribution in [0.15, 0.2) is 6.07 Å². The number of aromatic nitrogens is 2. The zero-order chi connectivity index (χ0) is 15.9. The van der Waals surface area contributed by atoms with Crippen molar-refractivity contribution < 1.29 is 9.84 Å². The van der Waals surface area contributed by atoms with Crippen LogP contribution in [0.4, 0.5) is 11.6 Å². The van der Waals surface area contributed by atoms with E-state index in [1.807, 2.05) is 17.9 Å². The van der Waals surface area contributed by atoms with Gasteiger partial charge < -0.3 is 20.1 Å². The quantitative estimate of drug-likeness (QED) is 0.727. The molecule has 0 saturated carbocycles. The van der Waals surface area contributed by atoms with Crippen LogP contribution >= 0.6 is 0 Å². The molecule has 6 heteroatoms. The van der Waals surface area contributed by atoms with Gasteiger partial charge in [-0.05, 0) is 27.2 Å². The van der Waals surface area contributed by atoms with Crippen molar-refractivity contribution in [2.75, 3.05) is 37.0 Å². The predicted octanol–water partition coefficient (Wildman–Crippen LogP) is 2.04. The number of rotatable bonds is 9. The fraction of sp³-hybridized carbons (Fsp3) is 0.733. The Morgan fingerprint density at radius 3 is 2.57 bits per heavy atom. The number of nitrogens with one attached hydrogen (secondary N) is 1. The van der Waals surface area contributed by atoms with Gasteiger partial charge >= 0.3 is 0 Å². The minimum atomic E-state index is -0.778. The zero-order valence-corrected chi connectivity index (χ0v) is 13.8. The Morgan fingerprint density at radius 1 is 1.33 bits per heavy atom. The van der Waals surface area contributed by atoms with Crippen LogP contribution in [-0.4, -0.2) is 47.4 Å². The first-order valence-corrected chi connectivity index (χ1v) is 7.47. The maximum absolute atomic E-state index is 10.0. The van der Waals surface area contributed by atoms with Crippen LogP contribution in [0.2, 0.25) is 0 Å². The van der Waals surface area contributed by atoms with Gasteiger partial charge in [-0.15, -0.1) is 0 Å². The topological polar surface area (TPSA) is 70.5 Å². The summed E-state index contributed by atoms with van der Waals surface area (Å²) in [6, 6.07) is 1.92. The van der Waals surface area contributed by atoms with E-state index in [-0.39, 0.29) is 0 Å². The molecule has 0 fully saturated rings. The lowest BCUT2D eigenvalue weighted by Gasteiger charge is -2.29. The standard InChI is InChI=1S/C15H28N4O2/c1-6-8-16-12-9-14(18-13(17-12)10-21-5)19(7-2)11-15(3,4)20/h9,20H,6-8,10-11H2,1-5H3,(H,16,17,18). The van der Waals surface area contributed by atoms with Gasteiger partial charge in [-0.25, -0.2) is 9.97 Å². The van der Waals surface area contributed by atoms with Crippen molar-refractivity contribution in [1.82, 2.24) is 9.97 Å². The van der Waals surface area contributed by atoms with Crippen molar-refractivity contribution in [2.45, 2.75) is 46.3 Å². The van der Waals surface area contributed by atoms with E-state index in [2.05, 4.69) is 22.2 Å². The predicted molar refractivity (Wildman–Crippen MR) is 85.7 cm³/mol. The highest BCUT2D eigenvalue weighted by Crippen LogP contribution is 2.19. The van der Waals surface area contributed by atoms with Crippen LogP contribution in [0, 0.1) is 0 Å². The summed E-state index contributed by atoms with van der Waals surface area (Å²) in [6.45, 7) is 10.3. The number of anilines is 2. The summed E-state index contributed by atoms with van der Waals surface area (Å²) in [6.07, 6.45) is 1.03. The summed E-state index contributed by atoms with van der Waals surface area (Å²) < 4.78 is 5.14. The van der Waals surface area contributed by atoms with Crippen LogP contribution in [0.25, 0.3) is 0 Å². The highest BCUT2D eigenvalue weighted by Gasteiger charge is 2.19. The smallest absolute Gasteiger partial charge is 0.158 e. The van der Waals surface area contributed by atoms with Gasteiger partial charge in [-0.2, -0.15) is 0 Å². The van der Waals surface area contributed by atoms with E-state index in [9.17, 15) is 5.11 Å². The lowest BCUT2D eigenvalue weighted by Crippen LogP contribution is -2.39. The van der Waals surface area contributed by atoms with E-state index < -0.39 is 5.60 Å². The van der Waals surface area contributed by atoms with Gasteiger partial charge in [0.05, 0.1) is 5.60 Å². The van der Waals surface area contributed by atoms with E-state index in [4.69, 9.17) is 4.74 Å². The Labute approximate surface area is 127 Å². The second kappa shape index (κ2) is 8.14. The average Bonchev–Trinajstić information content (AvgIpc) is 2.41. The van der Waals surface area contributed by atoms with Crippen LogP contribution in [0.1, 0.15) is 39.9 Å². The SMILES string of the molecule is CCCNc1cc(N(CC)CC(C)(C)O)nc(COC)n1. The third-order valence-electron chi connectivity index (χ3n) is 2.87. The molecule has 0 aromatic carbocycles. The van der Waals surface area contributed by atoms with Gasteiger partial charge in [0.1, 0.15) is 18.2 Å². The van der Waals surface area contributed by atoms with Crippen molar-refractivity contribution in [3.63, 3.8) is 0 Å². The third-order valence-corrected chi connectivity index (χ3v) is 2.87. The number of hydrogen-bond donors (Lipinski definition) is 2. The van der Waals surface area contributed by atoms with Crippen molar-refractivity contribution >= 4 is 11.6 Å². The fourth-order valence-corrected chi connectivity index (χ4v) is 2.00. The molecule has 0 aliphatic carbocycles. The summed E-state index contributed by atoms with van der Waals surface area (Å²) in [4.78, 5) is 11.0. The second-order valence-electron chi connectivity index (χ2n) is 5.71. The number of aliphatic hydroxyl groups is 1. The molecule has 0 unspecified atom stereocenters. The third kappa shape index (κ3) is 6.27.